The second kappa shape index (κ2) is 7.55. The Kier molecular flexibility index (Phi) is 4.59. The zero-order valence-electron chi connectivity index (χ0n) is 16.1. The van der Waals surface area contributed by atoms with Crippen molar-refractivity contribution in [3.63, 3.8) is 0 Å². The predicted octanol–water partition coefficient (Wildman–Crippen LogP) is 2.89. The second-order valence-electron chi connectivity index (χ2n) is 7.12. The zero-order chi connectivity index (χ0) is 20.5. The molecule has 3 heterocycles. The molecule has 2 aromatic carbocycles. The van der Waals surface area contributed by atoms with Crippen LogP contribution in [0.2, 0.25) is 0 Å². The van der Waals surface area contributed by atoms with Crippen LogP contribution in [0.4, 0.5) is 10.2 Å². The first-order valence-corrected chi connectivity index (χ1v) is 9.75. The van der Waals surface area contributed by atoms with Crippen molar-refractivity contribution in [2.24, 2.45) is 0 Å². The molecule has 7 nitrogen and oxygen atoms in total. The smallest absolute Gasteiger partial charge is 0.254 e. The van der Waals surface area contributed by atoms with Crippen LogP contribution < -0.4 is 4.90 Å². The van der Waals surface area contributed by atoms with E-state index in [1.165, 1.54) is 30.6 Å². The molecule has 0 atom stereocenters. The Labute approximate surface area is 172 Å². The van der Waals surface area contributed by atoms with Gasteiger partial charge < -0.3 is 9.80 Å². The number of carbonyl (C=O) groups excluding carboxylic acids is 1. The first-order chi connectivity index (χ1) is 14.7. The van der Waals surface area contributed by atoms with Gasteiger partial charge in [-0.25, -0.2) is 9.37 Å². The molecule has 0 spiro atoms. The second-order valence-corrected chi connectivity index (χ2v) is 7.12. The van der Waals surface area contributed by atoms with Crippen molar-refractivity contribution in [1.29, 1.82) is 0 Å². The minimum atomic E-state index is -0.347. The van der Waals surface area contributed by atoms with Gasteiger partial charge in [-0.15, -0.1) is 0 Å². The maximum atomic E-state index is 13.1. The van der Waals surface area contributed by atoms with Crippen molar-refractivity contribution < 1.29 is 9.18 Å². The van der Waals surface area contributed by atoms with Crippen molar-refractivity contribution >= 4 is 17.5 Å². The summed E-state index contributed by atoms with van der Waals surface area (Å²) in [6.45, 7) is 2.44. The van der Waals surface area contributed by atoms with Crippen LogP contribution in [0.1, 0.15) is 10.4 Å². The van der Waals surface area contributed by atoms with Crippen LogP contribution in [0.25, 0.3) is 17.0 Å². The highest BCUT2D eigenvalue weighted by atomic mass is 19.1. The van der Waals surface area contributed by atoms with E-state index >= 15 is 0 Å². The lowest BCUT2D eigenvalue weighted by Crippen LogP contribution is -2.49. The summed E-state index contributed by atoms with van der Waals surface area (Å²) >= 11 is 0. The minimum Gasteiger partial charge on any atom is -0.353 e. The quantitative estimate of drug-likeness (QED) is 0.527. The number of benzene rings is 2. The van der Waals surface area contributed by atoms with E-state index in [1.807, 2.05) is 36.4 Å². The number of halogens is 1. The largest absolute Gasteiger partial charge is 0.353 e. The molecule has 1 amide bonds. The summed E-state index contributed by atoms with van der Waals surface area (Å²) < 4.78 is 14.9. The molecule has 1 fully saturated rings. The van der Waals surface area contributed by atoms with Gasteiger partial charge in [-0.05, 0) is 24.3 Å². The van der Waals surface area contributed by atoms with E-state index in [-0.39, 0.29) is 11.7 Å². The Morgan fingerprint density at radius 2 is 1.67 bits per heavy atom. The summed E-state index contributed by atoms with van der Waals surface area (Å²) in [4.78, 5) is 25.6. The minimum absolute atomic E-state index is 0.0831. The standard InChI is InChI=1S/C22H19FN6O/c23-18-8-6-17(7-9-18)21(30)28-12-10-27(11-13-28)20-14-19(16-4-2-1-3-5-16)26-22-24-15-25-29(20)22/h1-9,14-15H,10-13H2. The Balaban J connectivity index is 1.39. The molecule has 30 heavy (non-hydrogen) atoms. The molecule has 0 saturated carbocycles. The van der Waals surface area contributed by atoms with Gasteiger partial charge >= 0.3 is 0 Å². The van der Waals surface area contributed by atoms with Crippen LogP contribution in [-0.4, -0.2) is 56.6 Å². The van der Waals surface area contributed by atoms with E-state index in [4.69, 9.17) is 0 Å². The van der Waals surface area contributed by atoms with Crippen molar-refractivity contribution in [2.45, 2.75) is 0 Å². The number of rotatable bonds is 3. The third-order valence-corrected chi connectivity index (χ3v) is 5.28. The summed E-state index contributed by atoms with van der Waals surface area (Å²) in [5.74, 6) is 1.00. The molecule has 150 valence electrons. The monoisotopic (exact) mass is 402 g/mol. The molecular formula is C22H19FN6O. The van der Waals surface area contributed by atoms with Gasteiger partial charge in [-0.1, -0.05) is 30.3 Å². The van der Waals surface area contributed by atoms with Crippen LogP contribution in [0, 0.1) is 5.82 Å². The molecule has 1 aliphatic heterocycles. The average Bonchev–Trinajstić information content (AvgIpc) is 3.28. The number of amides is 1. The fourth-order valence-electron chi connectivity index (χ4n) is 3.69. The van der Waals surface area contributed by atoms with Crippen molar-refractivity contribution in [3.8, 4) is 11.3 Å². The van der Waals surface area contributed by atoms with Crippen LogP contribution in [0.3, 0.4) is 0 Å². The third-order valence-electron chi connectivity index (χ3n) is 5.28. The van der Waals surface area contributed by atoms with E-state index in [0.717, 1.165) is 17.1 Å². The Morgan fingerprint density at radius 1 is 0.933 bits per heavy atom. The van der Waals surface area contributed by atoms with Gasteiger partial charge in [0.15, 0.2) is 0 Å². The number of aromatic nitrogens is 4. The van der Waals surface area contributed by atoms with Crippen LogP contribution in [0.15, 0.2) is 67.0 Å². The number of anilines is 1. The molecule has 5 rings (SSSR count). The number of hydrogen-bond donors (Lipinski definition) is 0. The molecule has 1 saturated heterocycles. The van der Waals surface area contributed by atoms with Gasteiger partial charge in [0, 0.05) is 43.4 Å². The fraction of sp³-hybridized carbons (Fsp3) is 0.182. The maximum Gasteiger partial charge on any atom is 0.254 e. The van der Waals surface area contributed by atoms with E-state index in [9.17, 15) is 9.18 Å². The number of nitrogens with zero attached hydrogens (tertiary/aromatic N) is 6. The molecule has 0 aliphatic carbocycles. The van der Waals surface area contributed by atoms with E-state index < -0.39 is 0 Å². The fourth-order valence-corrected chi connectivity index (χ4v) is 3.69. The molecule has 0 unspecified atom stereocenters. The third kappa shape index (κ3) is 3.36. The summed E-state index contributed by atoms with van der Waals surface area (Å²) in [7, 11) is 0. The summed E-state index contributed by atoms with van der Waals surface area (Å²) in [5, 5.41) is 4.32. The first kappa shape index (κ1) is 18.2. The zero-order valence-corrected chi connectivity index (χ0v) is 16.1. The summed E-state index contributed by atoms with van der Waals surface area (Å²) in [6.07, 6.45) is 1.49. The first-order valence-electron chi connectivity index (χ1n) is 9.75. The highest BCUT2D eigenvalue weighted by molar-refractivity contribution is 5.94. The van der Waals surface area contributed by atoms with Crippen LogP contribution in [0.5, 0.6) is 0 Å². The Hall–Kier alpha value is -3.81. The normalized spacial score (nSPS) is 14.3. The molecular weight excluding hydrogens is 383 g/mol. The van der Waals surface area contributed by atoms with Crippen LogP contribution >= 0.6 is 0 Å². The van der Waals surface area contributed by atoms with Gasteiger partial charge in [0.2, 0.25) is 0 Å². The van der Waals surface area contributed by atoms with Gasteiger partial charge in [-0.3, -0.25) is 4.79 Å². The van der Waals surface area contributed by atoms with Gasteiger partial charge in [0.1, 0.15) is 18.0 Å². The number of fused-ring (bicyclic) bond motifs is 1. The van der Waals surface area contributed by atoms with E-state index in [0.29, 0.717) is 37.5 Å². The molecule has 8 heteroatoms. The molecule has 4 aromatic rings. The van der Waals surface area contributed by atoms with Crippen molar-refractivity contribution in [2.75, 3.05) is 31.1 Å². The molecule has 1 aliphatic rings. The van der Waals surface area contributed by atoms with Crippen LogP contribution in [-0.2, 0) is 0 Å². The Morgan fingerprint density at radius 3 is 2.40 bits per heavy atom. The number of carbonyl (C=O) groups is 1. The topological polar surface area (TPSA) is 66.6 Å². The highest BCUT2D eigenvalue weighted by Gasteiger charge is 2.24. The van der Waals surface area contributed by atoms with Gasteiger partial charge in [-0.2, -0.15) is 14.6 Å². The number of hydrogen-bond acceptors (Lipinski definition) is 5. The molecule has 2 aromatic heterocycles. The average molecular weight is 402 g/mol. The highest BCUT2D eigenvalue weighted by Crippen LogP contribution is 2.24. The van der Waals surface area contributed by atoms with Crippen molar-refractivity contribution in [1.82, 2.24) is 24.5 Å². The lowest BCUT2D eigenvalue weighted by atomic mass is 10.1. The SMILES string of the molecule is O=C(c1ccc(F)cc1)N1CCN(c2cc(-c3ccccc3)nc3ncnn23)CC1. The summed E-state index contributed by atoms with van der Waals surface area (Å²) in [5.41, 5.74) is 2.34. The predicted molar refractivity (Wildman–Crippen MR) is 111 cm³/mol. The molecule has 0 bridgehead atoms. The lowest BCUT2D eigenvalue weighted by molar-refractivity contribution is 0.0746. The maximum absolute atomic E-state index is 13.1. The number of piperazine rings is 1. The molecule has 0 N–H and O–H groups in total. The summed E-state index contributed by atoms with van der Waals surface area (Å²) in [6, 6.07) is 17.6. The van der Waals surface area contributed by atoms with Crippen molar-refractivity contribution in [3.05, 3.63) is 78.4 Å². The Bertz CT molecular complexity index is 1180. The van der Waals surface area contributed by atoms with E-state index in [1.54, 1.807) is 9.42 Å². The van der Waals surface area contributed by atoms with Gasteiger partial charge in [0.05, 0.1) is 5.69 Å². The lowest BCUT2D eigenvalue weighted by Gasteiger charge is -2.36. The van der Waals surface area contributed by atoms with Gasteiger partial charge in [0.25, 0.3) is 11.7 Å². The molecule has 0 radical (unpaired) electrons. The van der Waals surface area contributed by atoms with E-state index in [2.05, 4.69) is 20.0 Å².